The van der Waals surface area contributed by atoms with E-state index in [0.29, 0.717) is 11.2 Å². The van der Waals surface area contributed by atoms with Gasteiger partial charge in [0.1, 0.15) is 0 Å². The first-order chi connectivity index (χ1) is 6.20. The Balaban J connectivity index is 2.98. The van der Waals surface area contributed by atoms with E-state index in [4.69, 9.17) is 0 Å². The summed E-state index contributed by atoms with van der Waals surface area (Å²) in [5.41, 5.74) is 2.74. The molecule has 1 aliphatic rings. The van der Waals surface area contributed by atoms with Crippen molar-refractivity contribution in [1.29, 1.82) is 0 Å². The third kappa shape index (κ3) is 2.44. The standard InChI is InChI=1S/C11H16S2/c1-5-9-7-12-13-11(8(3)4)10(9)6-2/h5-6,8,11H,1-2,7H2,3-4H3. The Labute approximate surface area is 89.0 Å². The Kier molecular flexibility index (Phi) is 4.20. The molecule has 72 valence electrons. The molecule has 0 aliphatic carbocycles. The molecule has 0 radical (unpaired) electrons. The minimum absolute atomic E-state index is 0.587. The van der Waals surface area contributed by atoms with Gasteiger partial charge in [-0.15, -0.1) is 0 Å². The first-order valence-electron chi connectivity index (χ1n) is 4.47. The summed E-state index contributed by atoms with van der Waals surface area (Å²) in [5.74, 6) is 1.74. The Bertz CT molecular complexity index is 238. The van der Waals surface area contributed by atoms with Crippen LogP contribution in [-0.4, -0.2) is 11.0 Å². The predicted molar refractivity (Wildman–Crippen MR) is 66.1 cm³/mol. The zero-order chi connectivity index (χ0) is 9.84. The average molecular weight is 212 g/mol. The van der Waals surface area contributed by atoms with Crippen LogP contribution in [0, 0.1) is 5.92 Å². The van der Waals surface area contributed by atoms with E-state index < -0.39 is 0 Å². The van der Waals surface area contributed by atoms with Crippen LogP contribution < -0.4 is 0 Å². The second-order valence-corrected chi connectivity index (χ2v) is 5.92. The van der Waals surface area contributed by atoms with Crippen LogP contribution in [0.2, 0.25) is 0 Å². The van der Waals surface area contributed by atoms with Crippen molar-refractivity contribution >= 4 is 21.6 Å². The lowest BCUT2D eigenvalue weighted by atomic mass is 9.98. The molecule has 1 aliphatic heterocycles. The van der Waals surface area contributed by atoms with Gasteiger partial charge in [-0.05, 0) is 17.1 Å². The largest absolute Gasteiger partial charge is 0.0988 e. The monoisotopic (exact) mass is 212 g/mol. The second kappa shape index (κ2) is 4.97. The third-order valence-electron chi connectivity index (χ3n) is 2.14. The summed E-state index contributed by atoms with van der Waals surface area (Å²) in [6.07, 6.45) is 3.97. The summed E-state index contributed by atoms with van der Waals surface area (Å²) in [6, 6.07) is 0. The summed E-state index contributed by atoms with van der Waals surface area (Å²) in [7, 11) is 3.89. The molecule has 0 spiro atoms. The van der Waals surface area contributed by atoms with Crippen LogP contribution in [0.3, 0.4) is 0 Å². The van der Waals surface area contributed by atoms with Crippen LogP contribution in [0.25, 0.3) is 0 Å². The SMILES string of the molecule is C=CC1=C(C=C)C(C(C)C)SSC1. The number of allylic oxidation sites excluding steroid dienone is 2. The van der Waals surface area contributed by atoms with Crippen molar-refractivity contribution in [3.05, 3.63) is 36.5 Å². The highest BCUT2D eigenvalue weighted by Crippen LogP contribution is 2.43. The quantitative estimate of drug-likeness (QED) is 0.647. The molecule has 0 aromatic rings. The van der Waals surface area contributed by atoms with Gasteiger partial charge in [0.15, 0.2) is 0 Å². The van der Waals surface area contributed by atoms with Crippen LogP contribution in [-0.2, 0) is 0 Å². The zero-order valence-corrected chi connectivity index (χ0v) is 9.88. The minimum atomic E-state index is 0.587. The molecule has 13 heavy (non-hydrogen) atoms. The van der Waals surface area contributed by atoms with Gasteiger partial charge in [-0.2, -0.15) is 0 Å². The van der Waals surface area contributed by atoms with E-state index in [-0.39, 0.29) is 0 Å². The van der Waals surface area contributed by atoms with Crippen LogP contribution in [0.15, 0.2) is 36.5 Å². The van der Waals surface area contributed by atoms with Crippen molar-refractivity contribution in [3.8, 4) is 0 Å². The van der Waals surface area contributed by atoms with E-state index in [1.54, 1.807) is 0 Å². The van der Waals surface area contributed by atoms with Gasteiger partial charge >= 0.3 is 0 Å². The maximum absolute atomic E-state index is 3.89. The number of hydrogen-bond donors (Lipinski definition) is 0. The molecular weight excluding hydrogens is 196 g/mol. The zero-order valence-electron chi connectivity index (χ0n) is 8.25. The molecule has 0 aromatic carbocycles. The highest BCUT2D eigenvalue weighted by Gasteiger charge is 2.23. The molecule has 0 nitrogen and oxygen atoms in total. The van der Waals surface area contributed by atoms with E-state index in [2.05, 4.69) is 27.0 Å². The first-order valence-corrected chi connectivity index (χ1v) is 6.85. The van der Waals surface area contributed by atoms with Gasteiger partial charge in [-0.3, -0.25) is 0 Å². The molecule has 0 aromatic heterocycles. The second-order valence-electron chi connectivity index (χ2n) is 3.41. The molecule has 0 amide bonds. The van der Waals surface area contributed by atoms with Gasteiger partial charge in [-0.1, -0.05) is 60.7 Å². The Morgan fingerprint density at radius 2 is 2.08 bits per heavy atom. The van der Waals surface area contributed by atoms with E-state index >= 15 is 0 Å². The van der Waals surface area contributed by atoms with Gasteiger partial charge in [0.05, 0.1) is 0 Å². The smallest absolute Gasteiger partial charge is 0.0426 e. The number of rotatable bonds is 3. The normalized spacial score (nSPS) is 23.5. The topological polar surface area (TPSA) is 0 Å². The first kappa shape index (κ1) is 11.0. The van der Waals surface area contributed by atoms with Crippen molar-refractivity contribution in [1.82, 2.24) is 0 Å². The molecule has 1 rings (SSSR count). The number of hydrogen-bond acceptors (Lipinski definition) is 2. The molecular formula is C11H16S2. The fourth-order valence-electron chi connectivity index (χ4n) is 1.38. The maximum atomic E-state index is 3.89. The Morgan fingerprint density at radius 3 is 2.54 bits per heavy atom. The van der Waals surface area contributed by atoms with Gasteiger partial charge in [0, 0.05) is 11.0 Å². The maximum Gasteiger partial charge on any atom is 0.0426 e. The molecule has 0 saturated carbocycles. The van der Waals surface area contributed by atoms with Gasteiger partial charge in [0.2, 0.25) is 0 Å². The van der Waals surface area contributed by atoms with Gasteiger partial charge in [-0.25, -0.2) is 0 Å². The van der Waals surface area contributed by atoms with Crippen molar-refractivity contribution in [2.45, 2.75) is 19.1 Å². The minimum Gasteiger partial charge on any atom is -0.0988 e. The lowest BCUT2D eigenvalue weighted by Gasteiger charge is -2.27. The summed E-state index contributed by atoms with van der Waals surface area (Å²) in [6.45, 7) is 12.3. The summed E-state index contributed by atoms with van der Waals surface area (Å²) < 4.78 is 0. The molecule has 0 bridgehead atoms. The van der Waals surface area contributed by atoms with Gasteiger partial charge < -0.3 is 0 Å². The molecule has 1 heterocycles. The Hall–Kier alpha value is -0.0800. The lowest BCUT2D eigenvalue weighted by Crippen LogP contribution is -2.17. The fourth-order valence-corrected chi connectivity index (χ4v) is 4.59. The highest BCUT2D eigenvalue weighted by atomic mass is 33.1. The third-order valence-corrected chi connectivity index (χ3v) is 5.09. The summed E-state index contributed by atoms with van der Waals surface area (Å²) in [5, 5.41) is 0.587. The van der Waals surface area contributed by atoms with Crippen LogP contribution >= 0.6 is 21.6 Å². The van der Waals surface area contributed by atoms with Crippen molar-refractivity contribution in [2.24, 2.45) is 5.92 Å². The van der Waals surface area contributed by atoms with Crippen LogP contribution in [0.1, 0.15) is 13.8 Å². The van der Waals surface area contributed by atoms with Gasteiger partial charge in [0.25, 0.3) is 0 Å². The molecule has 0 N–H and O–H groups in total. The molecule has 1 unspecified atom stereocenters. The van der Waals surface area contributed by atoms with Crippen molar-refractivity contribution < 1.29 is 0 Å². The lowest BCUT2D eigenvalue weighted by molar-refractivity contribution is 0.665. The van der Waals surface area contributed by atoms with E-state index in [9.17, 15) is 0 Å². The Morgan fingerprint density at radius 1 is 1.38 bits per heavy atom. The molecule has 2 heteroatoms. The van der Waals surface area contributed by atoms with Crippen LogP contribution in [0.5, 0.6) is 0 Å². The van der Waals surface area contributed by atoms with E-state index in [1.165, 1.54) is 11.1 Å². The molecule has 0 saturated heterocycles. The summed E-state index contributed by atoms with van der Waals surface area (Å²) in [4.78, 5) is 0. The summed E-state index contributed by atoms with van der Waals surface area (Å²) >= 11 is 0. The van der Waals surface area contributed by atoms with E-state index in [0.717, 1.165) is 5.75 Å². The van der Waals surface area contributed by atoms with Crippen molar-refractivity contribution in [3.63, 3.8) is 0 Å². The van der Waals surface area contributed by atoms with E-state index in [1.807, 2.05) is 33.7 Å². The van der Waals surface area contributed by atoms with Crippen LogP contribution in [0.4, 0.5) is 0 Å². The predicted octanol–water partition coefficient (Wildman–Crippen LogP) is 4.07. The highest BCUT2D eigenvalue weighted by molar-refractivity contribution is 8.77. The molecule has 0 fully saturated rings. The van der Waals surface area contributed by atoms with Crippen molar-refractivity contribution in [2.75, 3.05) is 5.75 Å². The molecule has 1 atom stereocenters. The fraction of sp³-hybridized carbons (Fsp3) is 0.455. The average Bonchev–Trinajstić information content (AvgIpc) is 2.16.